The molecule has 84 valence electrons. The zero-order chi connectivity index (χ0) is 11.1. The molecule has 0 saturated carbocycles. The predicted octanol–water partition coefficient (Wildman–Crippen LogP) is 3.14. The van der Waals surface area contributed by atoms with Crippen molar-refractivity contribution in [3.63, 3.8) is 0 Å². The molecule has 0 aromatic heterocycles. The smallest absolute Gasteiger partial charge is 0.0933 e. The van der Waals surface area contributed by atoms with Gasteiger partial charge in [-0.3, -0.25) is 4.84 Å². The minimum absolute atomic E-state index is 0.364. The molecule has 0 spiro atoms. The molecule has 0 radical (unpaired) electrons. The van der Waals surface area contributed by atoms with Gasteiger partial charge in [0.2, 0.25) is 0 Å². The van der Waals surface area contributed by atoms with Crippen LogP contribution in [-0.4, -0.2) is 6.54 Å². The fraction of sp³-hybridized carbons (Fsp3) is 0.538. The highest BCUT2D eigenvalue weighted by molar-refractivity contribution is 5.13. The molecule has 0 fully saturated rings. The van der Waals surface area contributed by atoms with Crippen molar-refractivity contribution in [1.29, 1.82) is 0 Å². The van der Waals surface area contributed by atoms with Gasteiger partial charge < -0.3 is 0 Å². The maximum Gasteiger partial charge on any atom is 0.0933 e. The van der Waals surface area contributed by atoms with E-state index in [1.165, 1.54) is 5.56 Å². The topological polar surface area (TPSA) is 21.3 Å². The van der Waals surface area contributed by atoms with E-state index in [0.29, 0.717) is 12.0 Å². The minimum Gasteiger partial charge on any atom is -0.297 e. The average molecular weight is 207 g/mol. The monoisotopic (exact) mass is 207 g/mol. The third-order valence-corrected chi connectivity index (χ3v) is 2.16. The molecule has 0 bridgehead atoms. The molecule has 0 saturated heterocycles. The third-order valence-electron chi connectivity index (χ3n) is 2.16. The molecule has 0 atom stereocenters. The van der Waals surface area contributed by atoms with Crippen LogP contribution in [0.2, 0.25) is 0 Å². The molecule has 0 aliphatic rings. The van der Waals surface area contributed by atoms with Crippen LogP contribution in [0.1, 0.15) is 32.8 Å². The number of nitrogens with one attached hydrogen (secondary N) is 1. The van der Waals surface area contributed by atoms with Crippen LogP contribution < -0.4 is 5.48 Å². The molecule has 0 unspecified atom stereocenters. The summed E-state index contributed by atoms with van der Waals surface area (Å²) in [4.78, 5) is 5.37. The summed E-state index contributed by atoms with van der Waals surface area (Å²) in [6.07, 6.45) is 1.11. The van der Waals surface area contributed by atoms with Gasteiger partial charge in [0.1, 0.15) is 0 Å². The summed E-state index contributed by atoms with van der Waals surface area (Å²) in [6.45, 7) is 8.21. The molecular weight excluding hydrogens is 186 g/mol. The van der Waals surface area contributed by atoms with Crippen LogP contribution in [0.5, 0.6) is 0 Å². The van der Waals surface area contributed by atoms with Crippen LogP contribution >= 0.6 is 0 Å². The molecule has 0 heterocycles. The molecule has 15 heavy (non-hydrogen) atoms. The largest absolute Gasteiger partial charge is 0.297 e. The molecule has 1 rings (SSSR count). The predicted molar refractivity (Wildman–Crippen MR) is 63.3 cm³/mol. The highest BCUT2D eigenvalue weighted by Crippen LogP contribution is 2.16. The Morgan fingerprint density at radius 1 is 1.13 bits per heavy atom. The summed E-state index contributed by atoms with van der Waals surface area (Å²) in [7, 11) is 0. The Morgan fingerprint density at radius 3 is 2.40 bits per heavy atom. The Balaban J connectivity index is 2.08. The lowest BCUT2D eigenvalue weighted by atomic mass is 9.93. The number of hydrogen-bond acceptors (Lipinski definition) is 2. The maximum absolute atomic E-state index is 5.37. The summed E-state index contributed by atoms with van der Waals surface area (Å²) in [5, 5.41) is 0. The lowest BCUT2D eigenvalue weighted by Gasteiger charge is -2.17. The Bertz CT molecular complexity index is 264. The van der Waals surface area contributed by atoms with E-state index in [4.69, 9.17) is 4.84 Å². The minimum atomic E-state index is 0.364. The van der Waals surface area contributed by atoms with Gasteiger partial charge in [0.15, 0.2) is 0 Å². The van der Waals surface area contributed by atoms with Gasteiger partial charge in [-0.1, -0.05) is 51.1 Å². The van der Waals surface area contributed by atoms with Crippen LogP contribution in [0.4, 0.5) is 0 Å². The highest BCUT2D eigenvalue weighted by atomic mass is 16.6. The van der Waals surface area contributed by atoms with Gasteiger partial charge in [0.25, 0.3) is 0 Å². The molecule has 1 aromatic carbocycles. The molecule has 1 aromatic rings. The quantitative estimate of drug-likeness (QED) is 0.591. The van der Waals surface area contributed by atoms with E-state index in [2.05, 4.69) is 38.4 Å². The molecular formula is C13H21NO. The second kappa shape index (κ2) is 5.89. The fourth-order valence-corrected chi connectivity index (χ4v) is 1.21. The lowest BCUT2D eigenvalue weighted by molar-refractivity contribution is 0.0228. The summed E-state index contributed by atoms with van der Waals surface area (Å²) >= 11 is 0. The normalized spacial score (nSPS) is 11.7. The summed E-state index contributed by atoms with van der Waals surface area (Å²) in [6, 6.07) is 10.2. The van der Waals surface area contributed by atoms with Gasteiger partial charge in [-0.25, -0.2) is 5.48 Å². The van der Waals surface area contributed by atoms with E-state index in [9.17, 15) is 0 Å². The van der Waals surface area contributed by atoms with E-state index in [-0.39, 0.29) is 0 Å². The van der Waals surface area contributed by atoms with Crippen molar-refractivity contribution in [3.05, 3.63) is 35.9 Å². The molecule has 2 heteroatoms. The van der Waals surface area contributed by atoms with Crippen molar-refractivity contribution >= 4 is 0 Å². The first-order valence-corrected chi connectivity index (χ1v) is 5.46. The van der Waals surface area contributed by atoms with Crippen LogP contribution in [-0.2, 0) is 11.4 Å². The van der Waals surface area contributed by atoms with E-state index in [0.717, 1.165) is 13.0 Å². The Morgan fingerprint density at radius 2 is 1.80 bits per heavy atom. The first-order chi connectivity index (χ1) is 7.08. The summed E-state index contributed by atoms with van der Waals surface area (Å²) < 4.78 is 0. The van der Waals surface area contributed by atoms with E-state index in [1.54, 1.807) is 0 Å². The van der Waals surface area contributed by atoms with Crippen molar-refractivity contribution in [2.24, 2.45) is 5.41 Å². The van der Waals surface area contributed by atoms with Crippen LogP contribution in [0.15, 0.2) is 30.3 Å². The molecule has 0 amide bonds. The van der Waals surface area contributed by atoms with Crippen LogP contribution in [0.3, 0.4) is 0 Å². The average Bonchev–Trinajstić information content (AvgIpc) is 2.17. The Kier molecular flexibility index (Phi) is 4.79. The van der Waals surface area contributed by atoms with Gasteiger partial charge in [0, 0.05) is 6.54 Å². The summed E-state index contributed by atoms with van der Waals surface area (Å²) in [5.41, 5.74) is 4.55. The molecule has 2 nitrogen and oxygen atoms in total. The van der Waals surface area contributed by atoms with Gasteiger partial charge in [-0.2, -0.15) is 0 Å². The molecule has 0 aliphatic carbocycles. The highest BCUT2D eigenvalue weighted by Gasteiger charge is 2.08. The second-order valence-corrected chi connectivity index (χ2v) is 4.98. The van der Waals surface area contributed by atoms with E-state index < -0.39 is 0 Å². The maximum atomic E-state index is 5.37. The fourth-order valence-electron chi connectivity index (χ4n) is 1.21. The Hall–Kier alpha value is -0.860. The van der Waals surface area contributed by atoms with Crippen LogP contribution in [0, 0.1) is 5.41 Å². The number of benzene rings is 1. The first-order valence-electron chi connectivity index (χ1n) is 5.46. The standard InChI is InChI=1S/C13H21NO/c1-13(2,3)9-10-14-15-11-12-7-5-4-6-8-12/h4-8,14H,9-11H2,1-3H3. The van der Waals surface area contributed by atoms with E-state index >= 15 is 0 Å². The van der Waals surface area contributed by atoms with Crippen molar-refractivity contribution in [2.45, 2.75) is 33.8 Å². The number of rotatable bonds is 5. The van der Waals surface area contributed by atoms with Gasteiger partial charge >= 0.3 is 0 Å². The van der Waals surface area contributed by atoms with Crippen molar-refractivity contribution in [3.8, 4) is 0 Å². The number of hydrogen-bond donors (Lipinski definition) is 1. The first kappa shape index (κ1) is 12.2. The molecule has 0 aliphatic heterocycles. The van der Waals surface area contributed by atoms with E-state index in [1.807, 2.05) is 18.2 Å². The zero-order valence-electron chi connectivity index (χ0n) is 9.92. The van der Waals surface area contributed by atoms with Gasteiger partial charge in [-0.15, -0.1) is 0 Å². The van der Waals surface area contributed by atoms with Gasteiger partial charge in [-0.05, 0) is 17.4 Å². The number of hydroxylamine groups is 1. The SMILES string of the molecule is CC(C)(C)CCNOCc1ccccc1. The van der Waals surface area contributed by atoms with Crippen LogP contribution in [0.25, 0.3) is 0 Å². The molecule has 1 N–H and O–H groups in total. The summed E-state index contributed by atoms with van der Waals surface area (Å²) in [5.74, 6) is 0. The lowest BCUT2D eigenvalue weighted by Crippen LogP contribution is -2.20. The zero-order valence-corrected chi connectivity index (χ0v) is 9.92. The van der Waals surface area contributed by atoms with Crippen molar-refractivity contribution < 1.29 is 4.84 Å². The van der Waals surface area contributed by atoms with Crippen molar-refractivity contribution in [1.82, 2.24) is 5.48 Å². The van der Waals surface area contributed by atoms with Gasteiger partial charge in [0.05, 0.1) is 6.61 Å². The second-order valence-electron chi connectivity index (χ2n) is 4.98. The Labute approximate surface area is 92.6 Å². The van der Waals surface area contributed by atoms with Crippen molar-refractivity contribution in [2.75, 3.05) is 6.54 Å². The third kappa shape index (κ3) is 6.26.